The second-order valence-electron chi connectivity index (χ2n) is 3.76. The van der Waals surface area contributed by atoms with E-state index >= 15 is 0 Å². The molecule has 4 heteroatoms. The molecule has 0 aromatic rings. The molecule has 0 radical (unpaired) electrons. The molecular weight excluding hydrogens is 194 g/mol. The first-order valence-corrected chi connectivity index (χ1v) is 5.50. The van der Waals surface area contributed by atoms with Crippen LogP contribution in [0.2, 0.25) is 0 Å². The summed E-state index contributed by atoms with van der Waals surface area (Å²) in [6, 6.07) is 0.505. The second kappa shape index (κ2) is 8.68. The molecule has 0 spiro atoms. The SMILES string of the molecule is CCOC(=O)CC(C)NC(C)CCOC. The van der Waals surface area contributed by atoms with Gasteiger partial charge in [0.05, 0.1) is 13.0 Å². The minimum atomic E-state index is -0.142. The van der Waals surface area contributed by atoms with E-state index in [0.717, 1.165) is 13.0 Å². The summed E-state index contributed by atoms with van der Waals surface area (Å²) in [6.45, 7) is 7.07. The van der Waals surface area contributed by atoms with Gasteiger partial charge >= 0.3 is 5.97 Å². The van der Waals surface area contributed by atoms with Crippen LogP contribution in [0.5, 0.6) is 0 Å². The number of nitrogens with one attached hydrogen (secondary N) is 1. The molecule has 4 nitrogen and oxygen atoms in total. The van der Waals surface area contributed by atoms with Crippen LogP contribution in [-0.2, 0) is 14.3 Å². The molecule has 0 amide bonds. The first kappa shape index (κ1) is 14.4. The normalized spacial score (nSPS) is 14.7. The summed E-state index contributed by atoms with van der Waals surface area (Å²) < 4.78 is 9.85. The van der Waals surface area contributed by atoms with Crippen molar-refractivity contribution in [2.45, 2.75) is 45.7 Å². The van der Waals surface area contributed by atoms with Crippen LogP contribution >= 0.6 is 0 Å². The molecule has 15 heavy (non-hydrogen) atoms. The van der Waals surface area contributed by atoms with Crippen LogP contribution < -0.4 is 5.32 Å². The van der Waals surface area contributed by atoms with Crippen LogP contribution in [0.4, 0.5) is 0 Å². The molecular formula is C11H23NO3. The average molecular weight is 217 g/mol. The fourth-order valence-electron chi connectivity index (χ4n) is 1.39. The Balaban J connectivity index is 3.62. The second-order valence-corrected chi connectivity index (χ2v) is 3.76. The van der Waals surface area contributed by atoms with Crippen molar-refractivity contribution in [3.05, 3.63) is 0 Å². The van der Waals surface area contributed by atoms with Crippen LogP contribution in [-0.4, -0.2) is 38.4 Å². The zero-order chi connectivity index (χ0) is 11.7. The Morgan fingerprint density at radius 1 is 1.33 bits per heavy atom. The molecule has 0 bridgehead atoms. The molecule has 0 aromatic carbocycles. The van der Waals surface area contributed by atoms with Crippen molar-refractivity contribution >= 4 is 5.97 Å². The van der Waals surface area contributed by atoms with Gasteiger partial charge in [-0.05, 0) is 27.2 Å². The number of ether oxygens (including phenoxy) is 2. The average Bonchev–Trinajstić information content (AvgIpc) is 2.14. The fraction of sp³-hybridized carbons (Fsp3) is 0.909. The van der Waals surface area contributed by atoms with Gasteiger partial charge in [0.2, 0.25) is 0 Å². The van der Waals surface area contributed by atoms with Crippen LogP contribution in [0.25, 0.3) is 0 Å². The molecule has 1 N–H and O–H groups in total. The van der Waals surface area contributed by atoms with Crippen molar-refractivity contribution in [1.82, 2.24) is 5.32 Å². The van der Waals surface area contributed by atoms with E-state index in [0.29, 0.717) is 19.1 Å². The van der Waals surface area contributed by atoms with Crippen molar-refractivity contribution < 1.29 is 14.3 Å². The van der Waals surface area contributed by atoms with Gasteiger partial charge in [-0.25, -0.2) is 0 Å². The number of hydrogen-bond acceptors (Lipinski definition) is 4. The number of hydrogen-bond donors (Lipinski definition) is 1. The molecule has 0 aliphatic rings. The lowest BCUT2D eigenvalue weighted by atomic mass is 10.2. The predicted molar refractivity (Wildman–Crippen MR) is 59.8 cm³/mol. The molecule has 0 fully saturated rings. The van der Waals surface area contributed by atoms with Crippen molar-refractivity contribution in [3.63, 3.8) is 0 Å². The van der Waals surface area contributed by atoms with Gasteiger partial charge in [0.15, 0.2) is 0 Å². The van der Waals surface area contributed by atoms with E-state index in [-0.39, 0.29) is 12.0 Å². The van der Waals surface area contributed by atoms with Gasteiger partial charge in [0.25, 0.3) is 0 Å². The first-order chi connectivity index (χ1) is 7.10. The van der Waals surface area contributed by atoms with E-state index in [1.54, 1.807) is 7.11 Å². The lowest BCUT2D eigenvalue weighted by Crippen LogP contribution is -2.36. The number of carbonyl (C=O) groups excluding carboxylic acids is 1. The first-order valence-electron chi connectivity index (χ1n) is 5.50. The molecule has 0 saturated carbocycles. The summed E-state index contributed by atoms with van der Waals surface area (Å²) in [5, 5.41) is 3.32. The number of methoxy groups -OCH3 is 1. The smallest absolute Gasteiger partial charge is 0.307 e. The highest BCUT2D eigenvalue weighted by atomic mass is 16.5. The topological polar surface area (TPSA) is 47.6 Å². The van der Waals surface area contributed by atoms with Crippen molar-refractivity contribution in [2.24, 2.45) is 0 Å². The van der Waals surface area contributed by atoms with Gasteiger partial charge in [-0.15, -0.1) is 0 Å². The van der Waals surface area contributed by atoms with Gasteiger partial charge in [-0.2, -0.15) is 0 Å². The number of carbonyl (C=O) groups is 1. The maximum atomic E-state index is 11.2. The highest BCUT2D eigenvalue weighted by Gasteiger charge is 2.11. The summed E-state index contributed by atoms with van der Waals surface area (Å²) in [4.78, 5) is 11.2. The van der Waals surface area contributed by atoms with Crippen molar-refractivity contribution in [3.8, 4) is 0 Å². The van der Waals surface area contributed by atoms with E-state index in [9.17, 15) is 4.79 Å². The third-order valence-corrected chi connectivity index (χ3v) is 2.10. The molecule has 0 aliphatic carbocycles. The van der Waals surface area contributed by atoms with Gasteiger partial charge in [0.1, 0.15) is 0 Å². The van der Waals surface area contributed by atoms with Gasteiger partial charge < -0.3 is 14.8 Å². The summed E-state index contributed by atoms with van der Waals surface area (Å²) in [5.74, 6) is -0.142. The van der Waals surface area contributed by atoms with E-state index < -0.39 is 0 Å². The lowest BCUT2D eigenvalue weighted by molar-refractivity contribution is -0.143. The molecule has 0 rings (SSSR count). The third-order valence-electron chi connectivity index (χ3n) is 2.10. The Labute approximate surface area is 92.3 Å². The Morgan fingerprint density at radius 3 is 2.53 bits per heavy atom. The molecule has 0 aliphatic heterocycles. The van der Waals surface area contributed by atoms with Crippen LogP contribution in [0.3, 0.4) is 0 Å². The minimum absolute atomic E-state index is 0.142. The van der Waals surface area contributed by atoms with E-state index in [1.807, 2.05) is 13.8 Å². The maximum absolute atomic E-state index is 11.2. The lowest BCUT2D eigenvalue weighted by Gasteiger charge is -2.18. The molecule has 90 valence electrons. The van der Waals surface area contributed by atoms with Gasteiger partial charge in [-0.3, -0.25) is 4.79 Å². The van der Waals surface area contributed by atoms with Crippen LogP contribution in [0.15, 0.2) is 0 Å². The quantitative estimate of drug-likeness (QED) is 0.623. The van der Waals surface area contributed by atoms with Gasteiger partial charge in [-0.1, -0.05) is 0 Å². The van der Waals surface area contributed by atoms with E-state index in [2.05, 4.69) is 12.2 Å². The Kier molecular flexibility index (Phi) is 8.33. The molecule has 0 heterocycles. The summed E-state index contributed by atoms with van der Waals surface area (Å²) in [5.41, 5.74) is 0. The van der Waals surface area contributed by atoms with Gasteiger partial charge in [0, 0.05) is 25.8 Å². The Hall–Kier alpha value is -0.610. The largest absolute Gasteiger partial charge is 0.466 e. The zero-order valence-electron chi connectivity index (χ0n) is 10.2. The highest BCUT2D eigenvalue weighted by molar-refractivity contribution is 5.69. The maximum Gasteiger partial charge on any atom is 0.307 e. The van der Waals surface area contributed by atoms with Crippen molar-refractivity contribution in [1.29, 1.82) is 0 Å². The highest BCUT2D eigenvalue weighted by Crippen LogP contribution is 1.98. The molecule has 2 unspecified atom stereocenters. The monoisotopic (exact) mass is 217 g/mol. The summed E-state index contributed by atoms with van der Waals surface area (Å²) >= 11 is 0. The predicted octanol–water partition coefficient (Wildman–Crippen LogP) is 1.34. The molecule has 0 saturated heterocycles. The Morgan fingerprint density at radius 2 is 2.00 bits per heavy atom. The third kappa shape index (κ3) is 8.39. The molecule has 2 atom stereocenters. The zero-order valence-corrected chi connectivity index (χ0v) is 10.2. The standard InChI is InChI=1S/C11H23NO3/c1-5-15-11(13)8-10(3)12-9(2)6-7-14-4/h9-10,12H,5-8H2,1-4H3. The molecule has 0 aromatic heterocycles. The van der Waals surface area contributed by atoms with E-state index in [4.69, 9.17) is 9.47 Å². The minimum Gasteiger partial charge on any atom is -0.466 e. The number of rotatable bonds is 8. The fourth-order valence-corrected chi connectivity index (χ4v) is 1.39. The number of esters is 1. The summed E-state index contributed by atoms with van der Waals surface area (Å²) in [7, 11) is 1.69. The van der Waals surface area contributed by atoms with Crippen LogP contribution in [0.1, 0.15) is 33.6 Å². The summed E-state index contributed by atoms with van der Waals surface area (Å²) in [6.07, 6.45) is 1.37. The Bertz CT molecular complexity index is 173. The van der Waals surface area contributed by atoms with E-state index in [1.165, 1.54) is 0 Å². The van der Waals surface area contributed by atoms with Crippen molar-refractivity contribution in [2.75, 3.05) is 20.3 Å². The van der Waals surface area contributed by atoms with Crippen LogP contribution in [0, 0.1) is 0 Å².